The summed E-state index contributed by atoms with van der Waals surface area (Å²) < 4.78 is 0. The van der Waals surface area contributed by atoms with Crippen molar-refractivity contribution < 1.29 is 0 Å². The van der Waals surface area contributed by atoms with Crippen LogP contribution in [0.25, 0.3) is 0 Å². The van der Waals surface area contributed by atoms with Crippen molar-refractivity contribution in [3.05, 3.63) is 35.4 Å². The van der Waals surface area contributed by atoms with Gasteiger partial charge >= 0.3 is 0 Å². The SMILES string of the molecule is CN(C)C1CCN(C(CN)c2cccc(C3CC3)c2)C1. The number of hydrogen-bond donors (Lipinski definition) is 1. The number of rotatable bonds is 5. The number of likely N-dealkylation sites (tertiary alicyclic amines) is 1. The van der Waals surface area contributed by atoms with Gasteiger partial charge in [-0.1, -0.05) is 24.3 Å². The third-order valence-corrected chi connectivity index (χ3v) is 4.93. The molecule has 1 heterocycles. The number of nitrogens with two attached hydrogens (primary N) is 1. The number of likely N-dealkylation sites (N-methyl/N-ethyl adjacent to an activating group) is 1. The number of benzene rings is 1. The van der Waals surface area contributed by atoms with Crippen LogP contribution in [0.15, 0.2) is 24.3 Å². The van der Waals surface area contributed by atoms with E-state index in [2.05, 4.69) is 48.2 Å². The van der Waals surface area contributed by atoms with Gasteiger partial charge in [0.1, 0.15) is 0 Å². The van der Waals surface area contributed by atoms with Crippen molar-refractivity contribution in [2.24, 2.45) is 5.73 Å². The zero-order valence-corrected chi connectivity index (χ0v) is 12.8. The van der Waals surface area contributed by atoms with E-state index in [4.69, 9.17) is 5.73 Å². The monoisotopic (exact) mass is 273 g/mol. The third-order valence-electron chi connectivity index (χ3n) is 4.93. The highest BCUT2D eigenvalue weighted by Gasteiger charge is 2.30. The maximum Gasteiger partial charge on any atom is 0.0471 e. The molecule has 20 heavy (non-hydrogen) atoms. The molecular weight excluding hydrogens is 246 g/mol. The fourth-order valence-electron chi connectivity index (χ4n) is 3.41. The van der Waals surface area contributed by atoms with E-state index in [1.807, 2.05) is 0 Å². The van der Waals surface area contributed by atoms with E-state index in [0.29, 0.717) is 18.6 Å². The van der Waals surface area contributed by atoms with E-state index < -0.39 is 0 Å². The van der Waals surface area contributed by atoms with Crippen LogP contribution in [0.2, 0.25) is 0 Å². The Labute approximate surface area is 122 Å². The van der Waals surface area contributed by atoms with Crippen LogP contribution < -0.4 is 5.73 Å². The normalized spacial score (nSPS) is 25.3. The molecule has 0 radical (unpaired) electrons. The first-order valence-electron chi connectivity index (χ1n) is 7.89. The molecule has 2 N–H and O–H groups in total. The molecule has 0 amide bonds. The zero-order valence-electron chi connectivity index (χ0n) is 12.8. The molecule has 1 aliphatic heterocycles. The van der Waals surface area contributed by atoms with Crippen molar-refractivity contribution in [1.82, 2.24) is 9.80 Å². The Hall–Kier alpha value is -0.900. The summed E-state index contributed by atoms with van der Waals surface area (Å²) in [6.07, 6.45) is 3.98. The minimum atomic E-state index is 0.388. The standard InChI is InChI=1S/C17H27N3/c1-19(2)16-8-9-20(12-16)17(11-18)15-5-3-4-14(10-15)13-6-7-13/h3-5,10,13,16-17H,6-9,11-12,18H2,1-2H3. The first-order valence-corrected chi connectivity index (χ1v) is 7.89. The van der Waals surface area contributed by atoms with Gasteiger partial charge in [-0.15, -0.1) is 0 Å². The fourth-order valence-corrected chi connectivity index (χ4v) is 3.41. The quantitative estimate of drug-likeness (QED) is 0.892. The van der Waals surface area contributed by atoms with E-state index >= 15 is 0 Å². The Bertz CT molecular complexity index is 453. The molecule has 1 aromatic carbocycles. The molecule has 0 spiro atoms. The molecule has 3 nitrogen and oxygen atoms in total. The van der Waals surface area contributed by atoms with Crippen LogP contribution in [0.3, 0.4) is 0 Å². The lowest BCUT2D eigenvalue weighted by molar-refractivity contribution is 0.220. The van der Waals surface area contributed by atoms with Crippen LogP contribution in [-0.4, -0.2) is 49.6 Å². The van der Waals surface area contributed by atoms with Crippen LogP contribution in [0.5, 0.6) is 0 Å². The summed E-state index contributed by atoms with van der Waals surface area (Å²) in [7, 11) is 4.36. The van der Waals surface area contributed by atoms with Crippen LogP contribution in [-0.2, 0) is 0 Å². The van der Waals surface area contributed by atoms with Crippen molar-refractivity contribution in [1.29, 1.82) is 0 Å². The Morgan fingerprint density at radius 2 is 2.10 bits per heavy atom. The van der Waals surface area contributed by atoms with Gasteiger partial charge in [0.25, 0.3) is 0 Å². The van der Waals surface area contributed by atoms with Crippen LogP contribution in [0.4, 0.5) is 0 Å². The minimum Gasteiger partial charge on any atom is -0.329 e. The van der Waals surface area contributed by atoms with Crippen molar-refractivity contribution >= 4 is 0 Å². The molecule has 1 saturated carbocycles. The molecule has 110 valence electrons. The van der Waals surface area contributed by atoms with Gasteiger partial charge in [-0.05, 0) is 50.4 Å². The lowest BCUT2D eigenvalue weighted by Gasteiger charge is -2.28. The maximum atomic E-state index is 6.09. The molecule has 3 heteroatoms. The molecule has 1 saturated heterocycles. The van der Waals surface area contributed by atoms with Crippen LogP contribution >= 0.6 is 0 Å². The molecular formula is C17H27N3. The molecule has 2 aliphatic rings. The summed E-state index contributed by atoms with van der Waals surface area (Å²) in [5.41, 5.74) is 9.02. The smallest absolute Gasteiger partial charge is 0.0471 e. The van der Waals surface area contributed by atoms with E-state index in [9.17, 15) is 0 Å². The fraction of sp³-hybridized carbons (Fsp3) is 0.647. The summed E-state index contributed by atoms with van der Waals surface area (Å²) in [5.74, 6) is 0.821. The predicted octanol–water partition coefficient (Wildman–Crippen LogP) is 2.20. The lowest BCUT2D eigenvalue weighted by atomic mass is 10.0. The van der Waals surface area contributed by atoms with Gasteiger partial charge in [0.05, 0.1) is 0 Å². The summed E-state index contributed by atoms with van der Waals surface area (Å²) in [6.45, 7) is 3.02. The second kappa shape index (κ2) is 5.84. The molecule has 3 rings (SSSR count). The molecule has 0 aromatic heterocycles. The van der Waals surface area contributed by atoms with Gasteiger partial charge in [0.15, 0.2) is 0 Å². The molecule has 2 fully saturated rings. The average molecular weight is 273 g/mol. The topological polar surface area (TPSA) is 32.5 Å². The molecule has 2 unspecified atom stereocenters. The van der Waals surface area contributed by atoms with Crippen molar-refractivity contribution in [2.45, 2.75) is 37.3 Å². The van der Waals surface area contributed by atoms with E-state index in [-0.39, 0.29) is 0 Å². The van der Waals surface area contributed by atoms with E-state index in [1.54, 1.807) is 0 Å². The van der Waals surface area contributed by atoms with Crippen molar-refractivity contribution in [3.63, 3.8) is 0 Å². The second-order valence-electron chi connectivity index (χ2n) is 6.60. The first-order chi connectivity index (χ1) is 9.69. The third kappa shape index (κ3) is 2.90. The highest BCUT2D eigenvalue weighted by molar-refractivity contribution is 5.31. The summed E-state index contributed by atoms with van der Waals surface area (Å²) in [4.78, 5) is 4.91. The maximum absolute atomic E-state index is 6.09. The van der Waals surface area contributed by atoms with Gasteiger partial charge < -0.3 is 10.6 Å². The second-order valence-corrected chi connectivity index (χ2v) is 6.60. The Kier molecular flexibility index (Phi) is 4.11. The number of nitrogens with zero attached hydrogens (tertiary/aromatic N) is 2. The Morgan fingerprint density at radius 1 is 1.30 bits per heavy atom. The van der Waals surface area contributed by atoms with Gasteiger partial charge in [-0.25, -0.2) is 0 Å². The summed E-state index contributed by atoms with van der Waals surface area (Å²) in [5, 5.41) is 0. The summed E-state index contributed by atoms with van der Waals surface area (Å²) in [6, 6.07) is 10.2. The lowest BCUT2D eigenvalue weighted by Crippen LogP contribution is -2.36. The van der Waals surface area contributed by atoms with Crippen molar-refractivity contribution in [2.75, 3.05) is 33.7 Å². The van der Waals surface area contributed by atoms with Crippen molar-refractivity contribution in [3.8, 4) is 0 Å². The minimum absolute atomic E-state index is 0.388. The highest BCUT2D eigenvalue weighted by Crippen LogP contribution is 2.41. The molecule has 1 aromatic rings. The Balaban J connectivity index is 1.74. The summed E-state index contributed by atoms with van der Waals surface area (Å²) >= 11 is 0. The molecule has 1 aliphatic carbocycles. The van der Waals surface area contributed by atoms with E-state index in [0.717, 1.165) is 12.5 Å². The highest BCUT2D eigenvalue weighted by atomic mass is 15.2. The van der Waals surface area contributed by atoms with Gasteiger partial charge in [0.2, 0.25) is 0 Å². The first kappa shape index (κ1) is 14.1. The predicted molar refractivity (Wildman–Crippen MR) is 83.9 cm³/mol. The van der Waals surface area contributed by atoms with Gasteiger partial charge in [0, 0.05) is 31.7 Å². The van der Waals surface area contributed by atoms with Gasteiger partial charge in [-0.3, -0.25) is 4.90 Å². The Morgan fingerprint density at radius 3 is 2.70 bits per heavy atom. The van der Waals surface area contributed by atoms with Crippen LogP contribution in [0.1, 0.15) is 42.3 Å². The van der Waals surface area contributed by atoms with E-state index in [1.165, 1.54) is 36.9 Å². The number of hydrogen-bond acceptors (Lipinski definition) is 3. The average Bonchev–Trinajstić information content (AvgIpc) is 3.19. The van der Waals surface area contributed by atoms with Gasteiger partial charge in [-0.2, -0.15) is 0 Å². The zero-order chi connectivity index (χ0) is 14.1. The molecule has 2 atom stereocenters. The molecule has 0 bridgehead atoms. The van der Waals surface area contributed by atoms with Crippen LogP contribution in [0, 0.1) is 0 Å². The largest absolute Gasteiger partial charge is 0.329 e.